The van der Waals surface area contributed by atoms with Gasteiger partial charge in [-0.15, -0.1) is 16.7 Å². The van der Waals surface area contributed by atoms with Crippen molar-refractivity contribution in [3.63, 3.8) is 0 Å². The molecule has 0 aliphatic carbocycles. The van der Waals surface area contributed by atoms with Crippen molar-refractivity contribution in [3.05, 3.63) is 11.9 Å². The van der Waals surface area contributed by atoms with E-state index in [1.807, 2.05) is 10.9 Å². The van der Waals surface area contributed by atoms with E-state index in [2.05, 4.69) is 24.2 Å². The second kappa shape index (κ2) is 6.02. The summed E-state index contributed by atoms with van der Waals surface area (Å²) in [4.78, 5) is 0. The Morgan fingerprint density at radius 2 is 2.29 bits per heavy atom. The van der Waals surface area contributed by atoms with Gasteiger partial charge in [-0.3, -0.25) is 0 Å². The first kappa shape index (κ1) is 11.5. The molecule has 0 aliphatic heterocycles. The standard InChI is InChI=1S/C10H18ClN3/c1-3-7-14-10(8-12-13-14)6-5-9(11)4-2/h8-9H,3-7H2,1-2H3. The molecular weight excluding hydrogens is 198 g/mol. The normalized spacial score (nSPS) is 13.1. The number of aromatic nitrogens is 3. The van der Waals surface area contributed by atoms with E-state index in [0.29, 0.717) is 0 Å². The third kappa shape index (κ3) is 3.29. The van der Waals surface area contributed by atoms with Crippen LogP contribution in [0.25, 0.3) is 0 Å². The van der Waals surface area contributed by atoms with Gasteiger partial charge in [0.1, 0.15) is 0 Å². The number of alkyl halides is 1. The van der Waals surface area contributed by atoms with Gasteiger partial charge < -0.3 is 0 Å². The van der Waals surface area contributed by atoms with E-state index in [1.54, 1.807) is 0 Å². The molecule has 1 atom stereocenters. The second-order valence-electron chi connectivity index (χ2n) is 3.49. The van der Waals surface area contributed by atoms with Gasteiger partial charge in [0.15, 0.2) is 0 Å². The minimum Gasteiger partial charge on any atom is -0.249 e. The Kier molecular flexibility index (Phi) is 4.94. The summed E-state index contributed by atoms with van der Waals surface area (Å²) in [5.41, 5.74) is 1.20. The lowest BCUT2D eigenvalue weighted by Gasteiger charge is -2.07. The molecule has 0 saturated heterocycles. The molecule has 1 unspecified atom stereocenters. The zero-order valence-corrected chi connectivity index (χ0v) is 9.67. The molecule has 0 spiro atoms. The minimum atomic E-state index is 0.278. The van der Waals surface area contributed by atoms with Gasteiger partial charge in [-0.25, -0.2) is 4.68 Å². The molecule has 0 aliphatic rings. The van der Waals surface area contributed by atoms with E-state index in [9.17, 15) is 0 Å². The number of nitrogens with zero attached hydrogens (tertiary/aromatic N) is 3. The molecule has 1 rings (SSSR count). The van der Waals surface area contributed by atoms with Gasteiger partial charge in [0.25, 0.3) is 0 Å². The Morgan fingerprint density at radius 1 is 1.50 bits per heavy atom. The Bertz CT molecular complexity index is 260. The Hall–Kier alpha value is -0.570. The lowest BCUT2D eigenvalue weighted by atomic mass is 10.1. The first-order valence-electron chi connectivity index (χ1n) is 5.29. The van der Waals surface area contributed by atoms with Crippen LogP contribution in [0.15, 0.2) is 6.20 Å². The van der Waals surface area contributed by atoms with E-state index in [4.69, 9.17) is 11.6 Å². The Balaban J connectivity index is 2.45. The maximum atomic E-state index is 6.06. The van der Waals surface area contributed by atoms with Crippen molar-refractivity contribution in [3.8, 4) is 0 Å². The van der Waals surface area contributed by atoms with E-state index >= 15 is 0 Å². The Labute approximate surface area is 90.4 Å². The predicted molar refractivity (Wildman–Crippen MR) is 58.6 cm³/mol. The summed E-state index contributed by atoms with van der Waals surface area (Å²) >= 11 is 6.06. The molecule has 0 aromatic carbocycles. The molecule has 0 N–H and O–H groups in total. The van der Waals surface area contributed by atoms with Crippen molar-refractivity contribution in [2.45, 2.75) is 51.5 Å². The Morgan fingerprint density at radius 3 is 2.93 bits per heavy atom. The molecular formula is C10H18ClN3. The fourth-order valence-corrected chi connectivity index (χ4v) is 1.49. The molecule has 1 aromatic rings. The fourth-order valence-electron chi connectivity index (χ4n) is 1.38. The molecule has 0 saturated carbocycles. The molecule has 3 nitrogen and oxygen atoms in total. The van der Waals surface area contributed by atoms with Crippen LogP contribution in [0.5, 0.6) is 0 Å². The highest BCUT2D eigenvalue weighted by Gasteiger charge is 2.06. The van der Waals surface area contributed by atoms with Crippen LogP contribution in [0.1, 0.15) is 38.8 Å². The van der Waals surface area contributed by atoms with Crippen molar-refractivity contribution in [2.75, 3.05) is 0 Å². The van der Waals surface area contributed by atoms with Crippen molar-refractivity contribution in [2.24, 2.45) is 0 Å². The van der Waals surface area contributed by atoms with Gasteiger partial charge in [-0.2, -0.15) is 0 Å². The zero-order chi connectivity index (χ0) is 10.4. The van der Waals surface area contributed by atoms with Crippen molar-refractivity contribution < 1.29 is 0 Å². The molecule has 14 heavy (non-hydrogen) atoms. The first-order chi connectivity index (χ1) is 6.77. The number of rotatable bonds is 6. The number of aryl methyl sites for hydroxylation is 2. The van der Waals surface area contributed by atoms with Crippen molar-refractivity contribution in [1.29, 1.82) is 0 Å². The van der Waals surface area contributed by atoms with Crippen LogP contribution in [-0.2, 0) is 13.0 Å². The van der Waals surface area contributed by atoms with Crippen LogP contribution in [0, 0.1) is 0 Å². The topological polar surface area (TPSA) is 30.7 Å². The molecule has 80 valence electrons. The van der Waals surface area contributed by atoms with Crippen LogP contribution in [0.3, 0.4) is 0 Å². The smallest absolute Gasteiger partial charge is 0.0725 e. The number of halogens is 1. The summed E-state index contributed by atoms with van der Waals surface area (Å²) in [5, 5.41) is 8.23. The highest BCUT2D eigenvalue weighted by Crippen LogP contribution is 2.11. The summed E-state index contributed by atoms with van der Waals surface area (Å²) in [7, 11) is 0. The van der Waals surface area contributed by atoms with E-state index in [0.717, 1.165) is 32.2 Å². The van der Waals surface area contributed by atoms with Gasteiger partial charge in [0.2, 0.25) is 0 Å². The van der Waals surface area contributed by atoms with Crippen molar-refractivity contribution in [1.82, 2.24) is 15.0 Å². The maximum Gasteiger partial charge on any atom is 0.0725 e. The molecule has 0 radical (unpaired) electrons. The fraction of sp³-hybridized carbons (Fsp3) is 0.800. The molecule has 0 amide bonds. The largest absolute Gasteiger partial charge is 0.249 e. The monoisotopic (exact) mass is 215 g/mol. The summed E-state index contributed by atoms with van der Waals surface area (Å²) in [6, 6.07) is 0. The van der Waals surface area contributed by atoms with Crippen molar-refractivity contribution >= 4 is 11.6 Å². The van der Waals surface area contributed by atoms with Crippen LogP contribution >= 0.6 is 11.6 Å². The van der Waals surface area contributed by atoms with Gasteiger partial charge >= 0.3 is 0 Å². The second-order valence-corrected chi connectivity index (χ2v) is 4.11. The summed E-state index contributed by atoms with van der Waals surface area (Å²) < 4.78 is 1.97. The average molecular weight is 216 g/mol. The van der Waals surface area contributed by atoms with Gasteiger partial charge in [-0.1, -0.05) is 19.1 Å². The number of hydrogen-bond donors (Lipinski definition) is 0. The van der Waals surface area contributed by atoms with E-state index in [-0.39, 0.29) is 5.38 Å². The van der Waals surface area contributed by atoms with Crippen LogP contribution in [0.2, 0.25) is 0 Å². The lowest BCUT2D eigenvalue weighted by molar-refractivity contribution is 0.546. The molecule has 1 heterocycles. The average Bonchev–Trinajstić information content (AvgIpc) is 2.62. The van der Waals surface area contributed by atoms with Crippen LogP contribution in [-0.4, -0.2) is 20.4 Å². The molecule has 4 heteroatoms. The number of hydrogen-bond acceptors (Lipinski definition) is 2. The summed E-state index contributed by atoms with van der Waals surface area (Å²) in [5.74, 6) is 0. The quantitative estimate of drug-likeness (QED) is 0.684. The summed E-state index contributed by atoms with van der Waals surface area (Å²) in [6.45, 7) is 5.20. The van der Waals surface area contributed by atoms with E-state index in [1.165, 1.54) is 5.69 Å². The SMILES string of the molecule is CCCn1nncc1CCC(Cl)CC. The van der Waals surface area contributed by atoms with E-state index < -0.39 is 0 Å². The van der Waals surface area contributed by atoms with Gasteiger partial charge in [-0.05, 0) is 25.7 Å². The maximum absolute atomic E-state index is 6.06. The predicted octanol–water partition coefficient (Wildman–Crippen LogP) is 2.64. The highest BCUT2D eigenvalue weighted by atomic mass is 35.5. The van der Waals surface area contributed by atoms with Crippen LogP contribution in [0.4, 0.5) is 0 Å². The molecule has 1 aromatic heterocycles. The lowest BCUT2D eigenvalue weighted by Crippen LogP contribution is -2.07. The molecule has 0 fully saturated rings. The van der Waals surface area contributed by atoms with Gasteiger partial charge in [0.05, 0.1) is 11.9 Å². The zero-order valence-electron chi connectivity index (χ0n) is 8.91. The minimum absolute atomic E-state index is 0.278. The third-order valence-corrected chi connectivity index (χ3v) is 2.82. The molecule has 0 bridgehead atoms. The highest BCUT2D eigenvalue weighted by molar-refractivity contribution is 6.20. The van der Waals surface area contributed by atoms with Crippen LogP contribution < -0.4 is 0 Å². The van der Waals surface area contributed by atoms with Gasteiger partial charge in [0, 0.05) is 11.9 Å². The first-order valence-corrected chi connectivity index (χ1v) is 5.73. The summed E-state index contributed by atoms with van der Waals surface area (Å²) in [6.07, 6.45) is 5.95. The third-order valence-electron chi connectivity index (χ3n) is 2.29.